The number of rotatable bonds is 1. The molecule has 0 saturated heterocycles. The molecule has 0 spiro atoms. The van der Waals surface area contributed by atoms with E-state index in [0.29, 0.717) is 0 Å². The topological polar surface area (TPSA) is 20.2 Å². The van der Waals surface area contributed by atoms with E-state index in [1.807, 2.05) is 32.2 Å². The van der Waals surface area contributed by atoms with Gasteiger partial charge in [-0.1, -0.05) is 20.8 Å². The summed E-state index contributed by atoms with van der Waals surface area (Å²) in [5.74, 6) is 0. The monoisotopic (exact) mass is 248 g/mol. The molecule has 0 aliphatic heterocycles. The quantitative estimate of drug-likeness (QED) is 0.806. The van der Waals surface area contributed by atoms with E-state index in [9.17, 15) is 5.11 Å². The minimum absolute atomic E-state index is 0.0828. The van der Waals surface area contributed by atoms with Crippen LogP contribution in [0.25, 0.3) is 0 Å². The van der Waals surface area contributed by atoms with Crippen molar-refractivity contribution >= 4 is 27.3 Å². The van der Waals surface area contributed by atoms with Gasteiger partial charge in [-0.05, 0) is 38.4 Å². The minimum atomic E-state index is -0.375. The van der Waals surface area contributed by atoms with E-state index >= 15 is 0 Å². The molecular formula is C9H13BrOS. The summed E-state index contributed by atoms with van der Waals surface area (Å²) in [4.78, 5) is 0. The SMILES string of the molecule is CC(C)(C)C(O)c1csc(Br)c1. The second-order valence-electron chi connectivity index (χ2n) is 3.95. The first kappa shape index (κ1) is 10.2. The predicted octanol–water partition coefficient (Wildman–Crippen LogP) is 3.59. The molecule has 0 fully saturated rings. The number of hydrogen-bond acceptors (Lipinski definition) is 2. The van der Waals surface area contributed by atoms with Crippen molar-refractivity contribution in [2.75, 3.05) is 0 Å². The number of hydrogen-bond donors (Lipinski definition) is 1. The minimum Gasteiger partial charge on any atom is -0.388 e. The van der Waals surface area contributed by atoms with Crippen LogP contribution in [0.5, 0.6) is 0 Å². The summed E-state index contributed by atoms with van der Waals surface area (Å²) >= 11 is 4.98. The highest BCUT2D eigenvalue weighted by molar-refractivity contribution is 9.11. The van der Waals surface area contributed by atoms with Gasteiger partial charge < -0.3 is 5.11 Å². The van der Waals surface area contributed by atoms with E-state index in [-0.39, 0.29) is 11.5 Å². The lowest BCUT2D eigenvalue weighted by Crippen LogP contribution is -2.16. The zero-order valence-corrected chi connectivity index (χ0v) is 9.87. The standard InChI is InChI=1S/C9H13BrOS/c1-9(2,3)8(11)6-4-7(10)12-5-6/h4-5,8,11H,1-3H3. The van der Waals surface area contributed by atoms with Gasteiger partial charge in [-0.25, -0.2) is 0 Å². The van der Waals surface area contributed by atoms with Gasteiger partial charge in [-0.2, -0.15) is 0 Å². The molecule has 0 bridgehead atoms. The smallest absolute Gasteiger partial charge is 0.0846 e. The lowest BCUT2D eigenvalue weighted by molar-refractivity contribution is 0.0630. The van der Waals surface area contributed by atoms with Crippen LogP contribution in [-0.4, -0.2) is 5.11 Å². The maximum Gasteiger partial charge on any atom is 0.0846 e. The Morgan fingerprint density at radius 2 is 2.08 bits per heavy atom. The average Bonchev–Trinajstić information content (AvgIpc) is 2.32. The van der Waals surface area contributed by atoms with E-state index in [2.05, 4.69) is 15.9 Å². The summed E-state index contributed by atoms with van der Waals surface area (Å²) in [7, 11) is 0. The van der Waals surface area contributed by atoms with Crippen molar-refractivity contribution in [1.29, 1.82) is 0 Å². The Kier molecular flexibility index (Phi) is 2.97. The van der Waals surface area contributed by atoms with E-state index in [1.54, 1.807) is 11.3 Å². The van der Waals surface area contributed by atoms with Gasteiger partial charge in [-0.3, -0.25) is 0 Å². The molecule has 0 saturated carbocycles. The molecule has 12 heavy (non-hydrogen) atoms. The summed E-state index contributed by atoms with van der Waals surface area (Å²) in [5.41, 5.74) is 0.917. The molecule has 3 heteroatoms. The van der Waals surface area contributed by atoms with Gasteiger partial charge in [-0.15, -0.1) is 11.3 Å². The summed E-state index contributed by atoms with van der Waals surface area (Å²) in [6.07, 6.45) is -0.375. The van der Waals surface area contributed by atoms with Gasteiger partial charge in [0.25, 0.3) is 0 Å². The van der Waals surface area contributed by atoms with E-state index in [1.165, 1.54) is 0 Å². The number of thiophene rings is 1. The molecule has 0 radical (unpaired) electrons. The number of aliphatic hydroxyl groups excluding tert-OH is 1. The van der Waals surface area contributed by atoms with Crippen molar-refractivity contribution < 1.29 is 5.11 Å². The zero-order chi connectivity index (χ0) is 9.35. The van der Waals surface area contributed by atoms with Crippen LogP contribution >= 0.6 is 27.3 Å². The highest BCUT2D eigenvalue weighted by atomic mass is 79.9. The molecular weight excluding hydrogens is 236 g/mol. The van der Waals surface area contributed by atoms with Crippen LogP contribution in [0.3, 0.4) is 0 Å². The molecule has 1 unspecified atom stereocenters. The first-order chi connectivity index (χ1) is 5.41. The van der Waals surface area contributed by atoms with Gasteiger partial charge in [0.2, 0.25) is 0 Å². The Bertz CT molecular complexity index is 262. The molecule has 0 aromatic carbocycles. The maximum absolute atomic E-state index is 9.86. The second kappa shape index (κ2) is 3.48. The predicted molar refractivity (Wildman–Crippen MR) is 56.4 cm³/mol. The third-order valence-electron chi connectivity index (χ3n) is 1.72. The Morgan fingerprint density at radius 3 is 2.42 bits per heavy atom. The van der Waals surface area contributed by atoms with Crippen LogP contribution in [0.1, 0.15) is 32.4 Å². The highest BCUT2D eigenvalue weighted by Gasteiger charge is 2.24. The van der Waals surface area contributed by atoms with Gasteiger partial charge in [0.05, 0.1) is 9.89 Å². The largest absolute Gasteiger partial charge is 0.388 e. The number of halogens is 1. The molecule has 1 N–H and O–H groups in total. The molecule has 1 nitrogen and oxygen atoms in total. The molecule has 1 atom stereocenters. The first-order valence-corrected chi connectivity index (χ1v) is 5.50. The van der Waals surface area contributed by atoms with Crippen molar-refractivity contribution in [1.82, 2.24) is 0 Å². The Balaban J connectivity index is 2.85. The first-order valence-electron chi connectivity index (χ1n) is 3.83. The van der Waals surface area contributed by atoms with Gasteiger partial charge in [0, 0.05) is 0 Å². The van der Waals surface area contributed by atoms with Crippen LogP contribution in [0, 0.1) is 5.41 Å². The second-order valence-corrected chi connectivity index (χ2v) is 6.24. The Hall–Kier alpha value is 0.140. The molecule has 1 rings (SSSR count). The third-order valence-corrected chi connectivity index (χ3v) is 3.25. The summed E-state index contributed by atoms with van der Waals surface area (Å²) in [5, 5.41) is 11.8. The fourth-order valence-corrected chi connectivity index (χ4v) is 2.16. The lowest BCUT2D eigenvalue weighted by Gasteiger charge is -2.24. The lowest BCUT2D eigenvalue weighted by atomic mass is 9.86. The Labute approximate surface area is 85.6 Å². The maximum atomic E-state index is 9.86. The molecule has 1 aromatic rings. The van der Waals surface area contributed by atoms with Gasteiger partial charge in [0.15, 0.2) is 0 Å². The normalized spacial score (nSPS) is 14.8. The van der Waals surface area contributed by atoms with Crippen LogP contribution in [0.4, 0.5) is 0 Å². The van der Waals surface area contributed by atoms with E-state index in [0.717, 1.165) is 9.35 Å². The van der Waals surface area contributed by atoms with Crippen LogP contribution in [0.15, 0.2) is 15.2 Å². The average molecular weight is 249 g/mol. The molecule has 0 aliphatic carbocycles. The van der Waals surface area contributed by atoms with Gasteiger partial charge >= 0.3 is 0 Å². The van der Waals surface area contributed by atoms with Crippen LogP contribution in [0.2, 0.25) is 0 Å². The van der Waals surface area contributed by atoms with Crippen molar-refractivity contribution in [2.45, 2.75) is 26.9 Å². The Morgan fingerprint density at radius 1 is 1.50 bits per heavy atom. The molecule has 1 aromatic heterocycles. The molecule has 0 amide bonds. The fraction of sp³-hybridized carbons (Fsp3) is 0.556. The number of aliphatic hydroxyl groups is 1. The van der Waals surface area contributed by atoms with Crippen molar-refractivity contribution in [3.8, 4) is 0 Å². The summed E-state index contributed by atoms with van der Waals surface area (Å²) in [6, 6.07) is 1.97. The van der Waals surface area contributed by atoms with E-state index in [4.69, 9.17) is 0 Å². The van der Waals surface area contributed by atoms with E-state index < -0.39 is 0 Å². The summed E-state index contributed by atoms with van der Waals surface area (Å²) < 4.78 is 1.07. The van der Waals surface area contributed by atoms with Crippen LogP contribution < -0.4 is 0 Å². The zero-order valence-electron chi connectivity index (χ0n) is 7.47. The molecule has 68 valence electrons. The van der Waals surface area contributed by atoms with Crippen molar-refractivity contribution in [3.63, 3.8) is 0 Å². The van der Waals surface area contributed by atoms with Crippen molar-refractivity contribution in [3.05, 3.63) is 20.8 Å². The molecule has 0 aliphatic rings. The van der Waals surface area contributed by atoms with Crippen molar-refractivity contribution in [2.24, 2.45) is 5.41 Å². The highest BCUT2D eigenvalue weighted by Crippen LogP contribution is 2.35. The fourth-order valence-electron chi connectivity index (χ4n) is 0.967. The van der Waals surface area contributed by atoms with Gasteiger partial charge in [0.1, 0.15) is 0 Å². The summed E-state index contributed by atoms with van der Waals surface area (Å²) in [6.45, 7) is 6.09. The third kappa shape index (κ3) is 2.31. The molecule has 1 heterocycles. The van der Waals surface area contributed by atoms with Crippen LogP contribution in [-0.2, 0) is 0 Å².